The minimum Gasteiger partial charge on any atom is -0.332 e. The van der Waals surface area contributed by atoms with E-state index in [-0.39, 0.29) is 29.7 Å². The van der Waals surface area contributed by atoms with Crippen molar-refractivity contribution in [2.24, 2.45) is 0 Å². The monoisotopic (exact) mass is 366 g/mol. The summed E-state index contributed by atoms with van der Waals surface area (Å²) in [5.41, 5.74) is 3.25. The summed E-state index contributed by atoms with van der Waals surface area (Å²) in [6, 6.07) is 10.9. The van der Waals surface area contributed by atoms with Gasteiger partial charge in [-0.05, 0) is 50.5 Å². The van der Waals surface area contributed by atoms with E-state index in [1.165, 1.54) is 0 Å². The fourth-order valence-corrected chi connectivity index (χ4v) is 4.06. The highest BCUT2D eigenvalue weighted by Gasteiger charge is 2.34. The molecule has 0 spiro atoms. The average Bonchev–Trinajstić information content (AvgIpc) is 3.16. The molecule has 2 amide bonds. The van der Waals surface area contributed by atoms with Crippen LogP contribution in [0.3, 0.4) is 0 Å². The third-order valence-corrected chi connectivity index (χ3v) is 5.66. The van der Waals surface area contributed by atoms with Crippen LogP contribution in [-0.4, -0.2) is 33.7 Å². The van der Waals surface area contributed by atoms with Gasteiger partial charge in [0.05, 0.1) is 0 Å². The topological polar surface area (TPSA) is 40.6 Å². The maximum Gasteiger partial charge on any atom is 0.254 e. The highest BCUT2D eigenvalue weighted by Crippen LogP contribution is 2.31. The van der Waals surface area contributed by atoms with Gasteiger partial charge in [0.25, 0.3) is 11.8 Å². The van der Waals surface area contributed by atoms with E-state index in [1.807, 2.05) is 45.0 Å². The molecule has 0 N–H and O–H groups in total. The van der Waals surface area contributed by atoms with Crippen molar-refractivity contribution in [1.82, 2.24) is 9.80 Å². The molecule has 0 fully saturated rings. The van der Waals surface area contributed by atoms with Crippen molar-refractivity contribution < 1.29 is 14.0 Å². The van der Waals surface area contributed by atoms with Gasteiger partial charge in [-0.3, -0.25) is 9.59 Å². The summed E-state index contributed by atoms with van der Waals surface area (Å²) < 4.78 is 15.1. The van der Waals surface area contributed by atoms with Gasteiger partial charge >= 0.3 is 0 Å². The van der Waals surface area contributed by atoms with E-state index in [1.54, 1.807) is 21.9 Å². The second kappa shape index (κ2) is 6.48. The van der Waals surface area contributed by atoms with Crippen molar-refractivity contribution in [2.75, 3.05) is 0 Å². The predicted octanol–water partition coefficient (Wildman–Crippen LogP) is 3.78. The Kier molecular flexibility index (Phi) is 4.25. The van der Waals surface area contributed by atoms with Crippen molar-refractivity contribution in [1.29, 1.82) is 0 Å². The fraction of sp³-hybridized carbons (Fsp3) is 0.364. The maximum absolute atomic E-state index is 15.1. The van der Waals surface area contributed by atoms with E-state index < -0.39 is 0 Å². The first-order chi connectivity index (χ1) is 12.9. The second-order valence-corrected chi connectivity index (χ2v) is 7.73. The smallest absolute Gasteiger partial charge is 0.254 e. The third kappa shape index (κ3) is 2.82. The minimum absolute atomic E-state index is 0.000767. The summed E-state index contributed by atoms with van der Waals surface area (Å²) in [5.74, 6) is -0.412. The van der Waals surface area contributed by atoms with Crippen LogP contribution in [-0.2, 0) is 19.5 Å². The molecule has 5 heteroatoms. The highest BCUT2D eigenvalue weighted by atomic mass is 19.1. The highest BCUT2D eigenvalue weighted by molar-refractivity contribution is 5.99. The molecular weight excluding hydrogens is 343 g/mol. The summed E-state index contributed by atoms with van der Waals surface area (Å²) in [4.78, 5) is 28.5. The summed E-state index contributed by atoms with van der Waals surface area (Å²) in [6.07, 6.45) is 0.425. The number of amides is 2. The summed E-state index contributed by atoms with van der Waals surface area (Å²) in [5, 5.41) is 0. The van der Waals surface area contributed by atoms with Gasteiger partial charge in [0.1, 0.15) is 5.82 Å². The van der Waals surface area contributed by atoms with Crippen molar-refractivity contribution in [2.45, 2.75) is 52.4 Å². The number of hydrogen-bond acceptors (Lipinski definition) is 2. The summed E-state index contributed by atoms with van der Waals surface area (Å²) >= 11 is 0. The first kappa shape index (κ1) is 17.7. The van der Waals surface area contributed by atoms with Gasteiger partial charge in [0.2, 0.25) is 0 Å². The van der Waals surface area contributed by atoms with Crippen LogP contribution < -0.4 is 0 Å². The van der Waals surface area contributed by atoms with Crippen LogP contribution in [0.4, 0.5) is 4.39 Å². The van der Waals surface area contributed by atoms with Crippen molar-refractivity contribution in [3.63, 3.8) is 0 Å². The second-order valence-electron chi connectivity index (χ2n) is 7.73. The van der Waals surface area contributed by atoms with Crippen LogP contribution >= 0.6 is 0 Å². The lowest BCUT2D eigenvalue weighted by Crippen LogP contribution is -2.35. The van der Waals surface area contributed by atoms with Gasteiger partial charge in [-0.15, -0.1) is 0 Å². The van der Waals surface area contributed by atoms with Crippen LogP contribution in [0.2, 0.25) is 0 Å². The number of nitrogens with zero attached hydrogens (tertiary/aromatic N) is 2. The predicted molar refractivity (Wildman–Crippen MR) is 101 cm³/mol. The largest absolute Gasteiger partial charge is 0.332 e. The number of carbonyl (C=O) groups excluding carboxylic acids is 2. The van der Waals surface area contributed by atoms with Gasteiger partial charge < -0.3 is 9.80 Å². The van der Waals surface area contributed by atoms with E-state index in [9.17, 15) is 9.59 Å². The first-order valence-corrected chi connectivity index (χ1v) is 9.38. The third-order valence-electron chi connectivity index (χ3n) is 5.66. The van der Waals surface area contributed by atoms with Crippen LogP contribution in [0.25, 0.3) is 0 Å². The first-order valence-electron chi connectivity index (χ1n) is 9.38. The Hall–Kier alpha value is -2.69. The zero-order chi connectivity index (χ0) is 19.3. The van der Waals surface area contributed by atoms with E-state index >= 15 is 4.39 Å². The Morgan fingerprint density at radius 2 is 1.63 bits per heavy atom. The van der Waals surface area contributed by atoms with E-state index in [0.717, 1.165) is 11.1 Å². The Morgan fingerprint density at radius 1 is 0.926 bits per heavy atom. The summed E-state index contributed by atoms with van der Waals surface area (Å²) in [7, 11) is 0. The van der Waals surface area contributed by atoms with Crippen LogP contribution in [0.1, 0.15) is 58.2 Å². The normalized spacial score (nSPS) is 16.9. The molecule has 0 bridgehead atoms. The molecule has 2 aromatic rings. The van der Waals surface area contributed by atoms with Crippen molar-refractivity contribution in [3.8, 4) is 0 Å². The molecule has 1 unspecified atom stereocenters. The molecule has 4 rings (SSSR count). The number of hydrogen-bond donors (Lipinski definition) is 0. The lowest BCUT2D eigenvalue weighted by molar-refractivity contribution is 0.0712. The van der Waals surface area contributed by atoms with E-state index in [2.05, 4.69) is 0 Å². The Bertz CT molecular complexity index is 938. The number of rotatable bonds is 4. The summed E-state index contributed by atoms with van der Waals surface area (Å²) in [6.45, 7) is 6.68. The van der Waals surface area contributed by atoms with Gasteiger partial charge in [0, 0.05) is 41.9 Å². The molecule has 27 heavy (non-hydrogen) atoms. The lowest BCUT2D eigenvalue weighted by atomic mass is 9.99. The standard InChI is InChI=1S/C22H23FN2O2/c1-13(2)24-12-19-18(22(24)27)9-8-15(20(19)23)10-14(3)25-11-16-6-4-5-7-17(16)21(25)26/h4-9,13-14H,10-12H2,1-3H3. The fourth-order valence-electron chi connectivity index (χ4n) is 4.06. The molecule has 0 aliphatic carbocycles. The lowest BCUT2D eigenvalue weighted by Gasteiger charge is -2.25. The van der Waals surface area contributed by atoms with Gasteiger partial charge in [0.15, 0.2) is 0 Å². The molecule has 0 aromatic heterocycles. The molecule has 4 nitrogen and oxygen atoms in total. The molecule has 140 valence electrons. The Labute approximate surface area is 158 Å². The minimum atomic E-state index is -0.306. The molecule has 0 radical (unpaired) electrons. The molecule has 0 saturated heterocycles. The number of halogens is 1. The molecule has 1 atom stereocenters. The molecule has 2 aliphatic heterocycles. The van der Waals surface area contributed by atoms with Crippen LogP contribution in [0, 0.1) is 5.82 Å². The SMILES string of the molecule is CC(C)N1Cc2c(ccc(CC(C)N3Cc4ccccc4C3=O)c2F)C1=O. The molecular formula is C22H23FN2O2. The number of benzene rings is 2. The van der Waals surface area contributed by atoms with Gasteiger partial charge in [-0.25, -0.2) is 4.39 Å². The molecule has 2 heterocycles. The van der Waals surface area contributed by atoms with Crippen molar-refractivity contribution >= 4 is 11.8 Å². The number of carbonyl (C=O) groups is 2. The van der Waals surface area contributed by atoms with Crippen LogP contribution in [0.15, 0.2) is 36.4 Å². The average molecular weight is 366 g/mol. The molecule has 2 aromatic carbocycles. The number of fused-ring (bicyclic) bond motifs is 2. The van der Waals surface area contributed by atoms with Crippen LogP contribution in [0.5, 0.6) is 0 Å². The van der Waals surface area contributed by atoms with Crippen molar-refractivity contribution in [3.05, 3.63) is 70.0 Å². The maximum atomic E-state index is 15.1. The molecule has 0 saturated carbocycles. The zero-order valence-electron chi connectivity index (χ0n) is 15.8. The van der Waals surface area contributed by atoms with Gasteiger partial charge in [-0.1, -0.05) is 24.3 Å². The molecule has 2 aliphatic rings. The zero-order valence-corrected chi connectivity index (χ0v) is 15.8. The Balaban J connectivity index is 1.56. The Morgan fingerprint density at radius 3 is 2.33 bits per heavy atom. The van der Waals surface area contributed by atoms with Gasteiger partial charge in [-0.2, -0.15) is 0 Å². The van der Waals surface area contributed by atoms with E-state index in [4.69, 9.17) is 0 Å². The quantitative estimate of drug-likeness (QED) is 0.826. The van der Waals surface area contributed by atoms with E-state index in [0.29, 0.717) is 36.2 Å².